The first-order valence-corrected chi connectivity index (χ1v) is 14.8. The number of ether oxygens (including phenoxy) is 2. The first kappa shape index (κ1) is 31.7. The summed E-state index contributed by atoms with van der Waals surface area (Å²) in [6.45, 7) is 10.2. The average molecular weight is 562 g/mol. The van der Waals surface area contributed by atoms with E-state index in [0.717, 1.165) is 22.3 Å². The van der Waals surface area contributed by atoms with E-state index in [0.29, 0.717) is 0 Å². The standard InChI is InChI=1S/C15H23NO2.C12H12ClNS.C2H6.CH3NO/c1-17-14-8-7-13(12-15(14)18-2)6-5-11-16-9-3-4-10-16;13-12-7-9-3-4-10(8-11(9)15-12)14-5-1-2-6-14;1-2;2-1-3/h7-8,12H,3-6,9-11H2,1-2H3;3-4,7-8H,1-2,5-6H2;1-2H3;1H,(H2,2,3). The molecule has 0 radical (unpaired) electrons. The van der Waals surface area contributed by atoms with Gasteiger partial charge in [0, 0.05) is 23.5 Å². The van der Waals surface area contributed by atoms with Crippen molar-refractivity contribution in [3.63, 3.8) is 0 Å². The highest BCUT2D eigenvalue weighted by Crippen LogP contribution is 2.33. The molecule has 0 saturated carbocycles. The number of rotatable bonds is 7. The Hall–Kier alpha value is -2.48. The highest BCUT2D eigenvalue weighted by Gasteiger charge is 2.13. The number of primary amides is 1. The van der Waals surface area contributed by atoms with Crippen molar-refractivity contribution in [2.75, 3.05) is 51.8 Å². The van der Waals surface area contributed by atoms with Crippen molar-refractivity contribution in [1.82, 2.24) is 4.90 Å². The number of halogens is 1. The molecular weight excluding hydrogens is 518 g/mol. The Balaban J connectivity index is 0.000000231. The summed E-state index contributed by atoms with van der Waals surface area (Å²) in [6.07, 6.45) is 7.96. The zero-order valence-corrected chi connectivity index (χ0v) is 25.0. The number of fused-ring (bicyclic) bond motifs is 1. The topological polar surface area (TPSA) is 68.0 Å². The predicted octanol–water partition coefficient (Wildman–Crippen LogP) is 7.01. The van der Waals surface area contributed by atoms with Crippen LogP contribution < -0.4 is 20.1 Å². The Kier molecular flexibility index (Phi) is 15.0. The summed E-state index contributed by atoms with van der Waals surface area (Å²) in [4.78, 5) is 13.6. The van der Waals surface area contributed by atoms with Crippen molar-refractivity contribution in [3.8, 4) is 11.5 Å². The van der Waals surface area contributed by atoms with Gasteiger partial charge in [-0.05, 0) is 99.4 Å². The second-order valence-electron chi connectivity index (χ2n) is 8.94. The quantitative estimate of drug-likeness (QED) is 0.314. The largest absolute Gasteiger partial charge is 0.493 e. The average Bonchev–Trinajstić information content (AvgIpc) is 3.72. The zero-order chi connectivity index (χ0) is 27.8. The van der Waals surface area contributed by atoms with Gasteiger partial charge in [0.25, 0.3) is 0 Å². The van der Waals surface area contributed by atoms with Crippen LogP contribution in [0.5, 0.6) is 11.5 Å². The van der Waals surface area contributed by atoms with Crippen molar-refractivity contribution >= 4 is 45.1 Å². The third-order valence-electron chi connectivity index (χ3n) is 6.53. The van der Waals surface area contributed by atoms with E-state index in [1.165, 1.54) is 86.2 Å². The van der Waals surface area contributed by atoms with Crippen molar-refractivity contribution in [2.45, 2.75) is 52.4 Å². The second kappa shape index (κ2) is 17.9. The van der Waals surface area contributed by atoms with Crippen LogP contribution in [0.25, 0.3) is 10.1 Å². The fraction of sp³-hybridized carbons (Fsp3) is 0.500. The lowest BCUT2D eigenvalue weighted by Gasteiger charge is -2.17. The van der Waals surface area contributed by atoms with Crippen LogP contribution in [-0.2, 0) is 11.2 Å². The maximum absolute atomic E-state index is 8.58. The van der Waals surface area contributed by atoms with Crippen LogP contribution in [0.15, 0.2) is 42.5 Å². The van der Waals surface area contributed by atoms with Gasteiger partial charge in [0.1, 0.15) is 0 Å². The first-order valence-electron chi connectivity index (χ1n) is 13.6. The van der Waals surface area contributed by atoms with Crippen LogP contribution in [0, 0.1) is 0 Å². The number of amides is 1. The number of carbonyl (C=O) groups excluding carboxylic acids is 1. The maximum Gasteiger partial charge on any atom is 0.204 e. The zero-order valence-electron chi connectivity index (χ0n) is 23.4. The number of benzene rings is 2. The van der Waals surface area contributed by atoms with Gasteiger partial charge in [-0.25, -0.2) is 0 Å². The normalized spacial score (nSPS) is 14.5. The number of anilines is 1. The highest BCUT2D eigenvalue weighted by molar-refractivity contribution is 7.22. The third kappa shape index (κ3) is 10.0. The molecule has 2 aliphatic rings. The number of likely N-dealkylation sites (tertiary alicyclic amines) is 1. The van der Waals surface area contributed by atoms with Crippen LogP contribution in [0.2, 0.25) is 4.34 Å². The number of nitrogens with two attached hydrogens (primary N) is 1. The van der Waals surface area contributed by atoms with Gasteiger partial charge in [-0.3, -0.25) is 4.79 Å². The van der Waals surface area contributed by atoms with E-state index < -0.39 is 0 Å². The van der Waals surface area contributed by atoms with Gasteiger partial charge in [-0.2, -0.15) is 0 Å². The lowest BCUT2D eigenvalue weighted by molar-refractivity contribution is -0.106. The Morgan fingerprint density at radius 1 is 0.921 bits per heavy atom. The van der Waals surface area contributed by atoms with Gasteiger partial charge in [-0.1, -0.05) is 37.6 Å². The molecule has 1 amide bonds. The predicted molar refractivity (Wildman–Crippen MR) is 163 cm³/mol. The minimum absolute atomic E-state index is 0.250. The molecule has 0 spiro atoms. The van der Waals surface area contributed by atoms with Crippen LogP contribution in [0.4, 0.5) is 5.69 Å². The van der Waals surface area contributed by atoms with E-state index in [4.69, 9.17) is 25.9 Å². The monoisotopic (exact) mass is 561 g/mol. The maximum atomic E-state index is 8.58. The fourth-order valence-corrected chi connectivity index (χ4v) is 5.90. The number of hydrogen-bond acceptors (Lipinski definition) is 6. The molecule has 2 N–H and O–H groups in total. The van der Waals surface area contributed by atoms with Gasteiger partial charge in [0.05, 0.1) is 18.6 Å². The SMILES string of the molecule is CC.COc1ccc(CCCN2CCCC2)cc1OC.Clc1cc2ccc(N3CCCC3)cc2s1.NC=O. The summed E-state index contributed by atoms with van der Waals surface area (Å²) in [7, 11) is 3.36. The molecule has 2 aliphatic heterocycles. The molecule has 0 bridgehead atoms. The number of thiophene rings is 1. The molecule has 2 aromatic carbocycles. The van der Waals surface area contributed by atoms with E-state index >= 15 is 0 Å². The van der Waals surface area contributed by atoms with Crippen molar-refractivity contribution in [3.05, 3.63) is 52.4 Å². The third-order valence-corrected chi connectivity index (χ3v) is 7.76. The number of nitrogens with zero attached hydrogens (tertiary/aromatic N) is 2. The van der Waals surface area contributed by atoms with Crippen LogP contribution in [-0.4, -0.2) is 58.3 Å². The minimum Gasteiger partial charge on any atom is -0.493 e. The summed E-state index contributed by atoms with van der Waals surface area (Å²) in [5.41, 5.74) is 6.84. The lowest BCUT2D eigenvalue weighted by Crippen LogP contribution is -2.20. The minimum atomic E-state index is 0.250. The number of aryl methyl sites for hydroxylation is 1. The number of carbonyl (C=O) groups is 1. The molecule has 8 heteroatoms. The molecule has 3 aromatic rings. The van der Waals surface area contributed by atoms with Gasteiger partial charge >= 0.3 is 0 Å². The molecule has 3 heterocycles. The van der Waals surface area contributed by atoms with E-state index in [-0.39, 0.29) is 6.41 Å². The molecule has 0 atom stereocenters. The number of methoxy groups -OCH3 is 2. The Morgan fingerprint density at radius 2 is 1.55 bits per heavy atom. The molecule has 38 heavy (non-hydrogen) atoms. The van der Waals surface area contributed by atoms with Crippen molar-refractivity contribution in [1.29, 1.82) is 0 Å². The molecule has 210 valence electrons. The Labute approximate surface area is 237 Å². The van der Waals surface area contributed by atoms with E-state index in [9.17, 15) is 0 Å². The summed E-state index contributed by atoms with van der Waals surface area (Å²) < 4.78 is 12.7. The van der Waals surface area contributed by atoms with E-state index in [1.807, 2.05) is 26.0 Å². The van der Waals surface area contributed by atoms with E-state index in [1.54, 1.807) is 25.6 Å². The second-order valence-corrected chi connectivity index (χ2v) is 10.7. The van der Waals surface area contributed by atoms with Crippen LogP contribution >= 0.6 is 22.9 Å². The molecule has 6 nitrogen and oxygen atoms in total. The summed E-state index contributed by atoms with van der Waals surface area (Å²) >= 11 is 7.66. The smallest absolute Gasteiger partial charge is 0.204 e. The van der Waals surface area contributed by atoms with Crippen LogP contribution in [0.3, 0.4) is 0 Å². The lowest BCUT2D eigenvalue weighted by atomic mass is 10.1. The molecule has 2 saturated heterocycles. The summed E-state index contributed by atoms with van der Waals surface area (Å²) in [6, 6.07) is 14.9. The van der Waals surface area contributed by atoms with Gasteiger partial charge in [-0.15, -0.1) is 11.3 Å². The molecule has 1 aromatic heterocycles. The van der Waals surface area contributed by atoms with Gasteiger partial charge in [0.2, 0.25) is 6.41 Å². The van der Waals surface area contributed by atoms with Crippen LogP contribution in [0.1, 0.15) is 51.5 Å². The summed E-state index contributed by atoms with van der Waals surface area (Å²) in [5, 5.41) is 1.26. The Morgan fingerprint density at radius 3 is 2.18 bits per heavy atom. The molecule has 5 rings (SSSR count). The van der Waals surface area contributed by atoms with Crippen molar-refractivity contribution < 1.29 is 14.3 Å². The Bertz CT molecular complexity index is 1080. The molecular formula is C30H44ClN3O3S. The molecule has 0 unspecified atom stereocenters. The molecule has 2 fully saturated rings. The number of hydrogen-bond donors (Lipinski definition) is 1. The highest BCUT2D eigenvalue weighted by atomic mass is 35.5. The summed E-state index contributed by atoms with van der Waals surface area (Å²) in [5.74, 6) is 1.64. The fourth-order valence-electron chi connectivity index (χ4n) is 4.71. The van der Waals surface area contributed by atoms with Crippen molar-refractivity contribution in [2.24, 2.45) is 5.73 Å². The van der Waals surface area contributed by atoms with E-state index in [2.05, 4.69) is 45.9 Å². The first-order chi connectivity index (χ1) is 18.6. The van der Waals surface area contributed by atoms with Gasteiger partial charge in [0.15, 0.2) is 11.5 Å². The van der Waals surface area contributed by atoms with Gasteiger partial charge < -0.3 is 25.0 Å². The molecule has 0 aliphatic carbocycles.